The maximum Gasteiger partial charge on any atom is 0.0881 e. The summed E-state index contributed by atoms with van der Waals surface area (Å²) in [6, 6.07) is 19.7. The van der Waals surface area contributed by atoms with Gasteiger partial charge in [0.15, 0.2) is 0 Å². The molecule has 0 bridgehead atoms. The van der Waals surface area contributed by atoms with Crippen molar-refractivity contribution in [1.82, 2.24) is 9.97 Å². The monoisotopic (exact) mass is 450 g/mol. The van der Waals surface area contributed by atoms with Crippen LogP contribution in [0.2, 0.25) is 0 Å². The Balaban J connectivity index is 1.65. The summed E-state index contributed by atoms with van der Waals surface area (Å²) < 4.78 is 1.26. The first-order chi connectivity index (χ1) is 15.8. The second-order valence-electron chi connectivity index (χ2n) is 10.3. The SMILES string of the molecule is CC(C)Cc1cnc(-c2ccnc(-c3cc(C(C)(C)C)c4ccccc4c3)c2)c2sccc12. The maximum absolute atomic E-state index is 4.93. The van der Waals surface area contributed by atoms with Crippen molar-refractivity contribution in [2.45, 2.75) is 46.5 Å². The van der Waals surface area contributed by atoms with Crippen molar-refractivity contribution in [2.75, 3.05) is 0 Å². The number of rotatable bonds is 4. The van der Waals surface area contributed by atoms with Crippen LogP contribution in [0.25, 0.3) is 43.4 Å². The van der Waals surface area contributed by atoms with E-state index in [1.54, 1.807) is 11.3 Å². The van der Waals surface area contributed by atoms with Crippen LogP contribution < -0.4 is 0 Å². The highest BCUT2D eigenvalue weighted by Crippen LogP contribution is 2.37. The third kappa shape index (κ3) is 4.18. The zero-order valence-corrected chi connectivity index (χ0v) is 20.8. The van der Waals surface area contributed by atoms with Crippen molar-refractivity contribution < 1.29 is 0 Å². The molecule has 0 saturated heterocycles. The lowest BCUT2D eigenvalue weighted by Crippen LogP contribution is -2.12. The summed E-state index contributed by atoms with van der Waals surface area (Å²) in [6.07, 6.45) is 5.03. The molecule has 5 rings (SSSR count). The fourth-order valence-corrected chi connectivity index (χ4v) is 5.59. The van der Waals surface area contributed by atoms with Gasteiger partial charge in [0.05, 0.1) is 16.1 Å². The molecule has 166 valence electrons. The summed E-state index contributed by atoms with van der Waals surface area (Å²) in [7, 11) is 0. The maximum atomic E-state index is 4.93. The van der Waals surface area contributed by atoms with Crippen molar-refractivity contribution in [3.8, 4) is 22.5 Å². The lowest BCUT2D eigenvalue weighted by atomic mass is 9.82. The summed E-state index contributed by atoms with van der Waals surface area (Å²) in [4.78, 5) is 9.69. The van der Waals surface area contributed by atoms with E-state index >= 15 is 0 Å². The topological polar surface area (TPSA) is 25.8 Å². The summed E-state index contributed by atoms with van der Waals surface area (Å²) in [6.45, 7) is 11.4. The van der Waals surface area contributed by atoms with E-state index in [-0.39, 0.29) is 5.41 Å². The van der Waals surface area contributed by atoms with E-state index in [2.05, 4.69) is 101 Å². The van der Waals surface area contributed by atoms with Crippen molar-refractivity contribution in [1.29, 1.82) is 0 Å². The van der Waals surface area contributed by atoms with E-state index in [0.717, 1.165) is 28.9 Å². The summed E-state index contributed by atoms with van der Waals surface area (Å²) in [5, 5.41) is 6.08. The highest BCUT2D eigenvalue weighted by atomic mass is 32.1. The van der Waals surface area contributed by atoms with Gasteiger partial charge in [-0.1, -0.05) is 58.9 Å². The molecule has 3 heteroatoms. The van der Waals surface area contributed by atoms with Crippen LogP contribution in [0, 0.1) is 5.92 Å². The molecule has 0 N–H and O–H groups in total. The minimum Gasteiger partial charge on any atom is -0.256 e. The predicted octanol–water partition coefficient (Wildman–Crippen LogP) is 8.67. The average molecular weight is 451 g/mol. The third-order valence-corrected chi connectivity index (χ3v) is 7.12. The Morgan fingerprint density at radius 1 is 0.879 bits per heavy atom. The van der Waals surface area contributed by atoms with Gasteiger partial charge in [0.1, 0.15) is 0 Å². The first-order valence-corrected chi connectivity index (χ1v) is 12.5. The molecule has 2 nitrogen and oxygen atoms in total. The third-order valence-electron chi connectivity index (χ3n) is 6.20. The first kappa shape index (κ1) is 21.8. The van der Waals surface area contributed by atoms with E-state index < -0.39 is 0 Å². The van der Waals surface area contributed by atoms with Gasteiger partial charge in [0.25, 0.3) is 0 Å². The van der Waals surface area contributed by atoms with Gasteiger partial charge >= 0.3 is 0 Å². The Kier molecular flexibility index (Phi) is 5.54. The number of hydrogen-bond acceptors (Lipinski definition) is 3. The van der Waals surface area contributed by atoms with Gasteiger partial charge in [0, 0.05) is 23.5 Å². The van der Waals surface area contributed by atoms with Gasteiger partial charge in [-0.25, -0.2) is 0 Å². The Hall–Kier alpha value is -3.04. The molecule has 2 aromatic carbocycles. The molecule has 33 heavy (non-hydrogen) atoms. The minimum absolute atomic E-state index is 0.0458. The highest BCUT2D eigenvalue weighted by Gasteiger charge is 2.19. The number of aromatic nitrogens is 2. The Bertz CT molecular complexity index is 1450. The molecular weight excluding hydrogens is 420 g/mol. The zero-order valence-electron chi connectivity index (χ0n) is 20.0. The minimum atomic E-state index is 0.0458. The number of fused-ring (bicyclic) bond motifs is 2. The average Bonchev–Trinajstić information content (AvgIpc) is 3.28. The fraction of sp³-hybridized carbons (Fsp3) is 0.267. The fourth-order valence-electron chi connectivity index (χ4n) is 4.64. The molecule has 5 aromatic rings. The van der Waals surface area contributed by atoms with Gasteiger partial charge in [-0.05, 0) is 80.8 Å². The van der Waals surface area contributed by atoms with Crippen LogP contribution in [-0.2, 0) is 11.8 Å². The van der Waals surface area contributed by atoms with E-state index in [4.69, 9.17) is 9.97 Å². The molecule has 0 aliphatic rings. The summed E-state index contributed by atoms with van der Waals surface area (Å²) >= 11 is 1.78. The van der Waals surface area contributed by atoms with Crippen LogP contribution in [-0.4, -0.2) is 9.97 Å². The number of pyridine rings is 2. The van der Waals surface area contributed by atoms with Crippen LogP contribution in [0.15, 0.2) is 72.4 Å². The van der Waals surface area contributed by atoms with E-state index in [9.17, 15) is 0 Å². The van der Waals surface area contributed by atoms with Gasteiger partial charge < -0.3 is 0 Å². The molecule has 0 atom stereocenters. The van der Waals surface area contributed by atoms with Crippen LogP contribution in [0.4, 0.5) is 0 Å². The number of nitrogens with zero attached hydrogens (tertiary/aromatic N) is 2. The first-order valence-electron chi connectivity index (χ1n) is 11.7. The Morgan fingerprint density at radius 3 is 2.48 bits per heavy atom. The van der Waals surface area contributed by atoms with Crippen LogP contribution in [0.3, 0.4) is 0 Å². The van der Waals surface area contributed by atoms with Gasteiger partial charge in [-0.3, -0.25) is 9.97 Å². The van der Waals surface area contributed by atoms with Gasteiger partial charge in [-0.2, -0.15) is 0 Å². The lowest BCUT2D eigenvalue weighted by Gasteiger charge is -2.22. The van der Waals surface area contributed by atoms with Crippen LogP contribution >= 0.6 is 11.3 Å². The molecule has 0 saturated carbocycles. The molecule has 0 spiro atoms. The summed E-state index contributed by atoms with van der Waals surface area (Å²) in [5.41, 5.74) is 7.04. The molecule has 0 aliphatic heterocycles. The Labute approximate surface area is 200 Å². The number of hydrogen-bond donors (Lipinski definition) is 0. The Morgan fingerprint density at radius 2 is 1.70 bits per heavy atom. The van der Waals surface area contributed by atoms with Crippen molar-refractivity contribution in [3.05, 3.63) is 83.5 Å². The highest BCUT2D eigenvalue weighted by molar-refractivity contribution is 7.17. The standard InChI is InChI=1S/C30H30N2S/c1-19(2)14-23-18-32-28(29-25(23)11-13-33-29)21-10-12-31-27(17-21)22-15-20-8-6-7-9-24(20)26(16-22)30(3,4)5/h6-13,15-19H,14H2,1-5H3. The van der Waals surface area contributed by atoms with Crippen molar-refractivity contribution in [2.24, 2.45) is 5.92 Å². The number of benzene rings is 2. The quantitative estimate of drug-likeness (QED) is 0.274. The summed E-state index contributed by atoms with van der Waals surface area (Å²) in [5.74, 6) is 0.609. The van der Waals surface area contributed by atoms with E-state index in [1.807, 2.05) is 6.20 Å². The molecule has 3 heterocycles. The predicted molar refractivity (Wildman–Crippen MR) is 143 cm³/mol. The molecule has 0 amide bonds. The molecule has 0 aliphatic carbocycles. The molecular formula is C30H30N2S. The lowest BCUT2D eigenvalue weighted by molar-refractivity contribution is 0.596. The normalized spacial score (nSPS) is 12.2. The molecule has 3 aromatic heterocycles. The zero-order chi connectivity index (χ0) is 23.2. The van der Waals surface area contributed by atoms with E-state index in [1.165, 1.54) is 32.0 Å². The van der Waals surface area contributed by atoms with E-state index in [0.29, 0.717) is 5.92 Å². The second-order valence-corrected chi connectivity index (χ2v) is 11.2. The largest absolute Gasteiger partial charge is 0.256 e. The molecule has 0 fully saturated rings. The van der Waals surface area contributed by atoms with Gasteiger partial charge in [0.2, 0.25) is 0 Å². The molecule has 0 radical (unpaired) electrons. The van der Waals surface area contributed by atoms with Crippen LogP contribution in [0.5, 0.6) is 0 Å². The van der Waals surface area contributed by atoms with Crippen molar-refractivity contribution >= 4 is 32.2 Å². The van der Waals surface area contributed by atoms with Crippen molar-refractivity contribution in [3.63, 3.8) is 0 Å². The number of thiophene rings is 1. The second kappa shape index (κ2) is 8.39. The van der Waals surface area contributed by atoms with Gasteiger partial charge in [-0.15, -0.1) is 11.3 Å². The van der Waals surface area contributed by atoms with Crippen LogP contribution in [0.1, 0.15) is 45.7 Å². The molecule has 0 unspecified atom stereocenters. The smallest absolute Gasteiger partial charge is 0.0881 e.